The summed E-state index contributed by atoms with van der Waals surface area (Å²) in [5, 5.41) is 15.0. The van der Waals surface area contributed by atoms with Crippen molar-refractivity contribution in [2.75, 3.05) is 13.2 Å². The van der Waals surface area contributed by atoms with Crippen molar-refractivity contribution in [3.63, 3.8) is 0 Å². The molecule has 2 heterocycles. The minimum absolute atomic E-state index is 0.0985. The van der Waals surface area contributed by atoms with Gasteiger partial charge in [0.1, 0.15) is 11.8 Å². The molecule has 4 amide bonds. The van der Waals surface area contributed by atoms with E-state index in [1.807, 2.05) is 20.8 Å². The van der Waals surface area contributed by atoms with E-state index in [-0.39, 0.29) is 42.9 Å². The van der Waals surface area contributed by atoms with Crippen molar-refractivity contribution in [3.05, 3.63) is 18.2 Å². The molecule has 1 aliphatic rings. The zero-order valence-corrected chi connectivity index (χ0v) is 25.1. The number of aromatic amines is 1. The van der Waals surface area contributed by atoms with Crippen molar-refractivity contribution >= 4 is 35.2 Å². The highest BCUT2D eigenvalue weighted by Crippen LogP contribution is 2.20. The Morgan fingerprint density at radius 1 is 1.07 bits per heavy atom. The summed E-state index contributed by atoms with van der Waals surface area (Å²) in [6, 6.07) is -1.94. The van der Waals surface area contributed by atoms with Crippen LogP contribution in [0.2, 0.25) is 0 Å². The summed E-state index contributed by atoms with van der Waals surface area (Å²) in [7, 11) is 0. The third-order valence-corrected chi connectivity index (χ3v) is 7.55. The number of nitrogens with two attached hydrogens (primary N) is 1. The quantitative estimate of drug-likeness (QED) is 0.161. The van der Waals surface area contributed by atoms with Gasteiger partial charge in [0.05, 0.1) is 31.3 Å². The number of imidazole rings is 1. The third-order valence-electron chi connectivity index (χ3n) is 7.55. The number of likely N-dealkylation sites (tertiary alicyclic amines) is 1. The van der Waals surface area contributed by atoms with Crippen molar-refractivity contribution in [2.24, 2.45) is 23.5 Å². The van der Waals surface area contributed by atoms with E-state index < -0.39 is 60.5 Å². The molecule has 1 fully saturated rings. The van der Waals surface area contributed by atoms with Crippen molar-refractivity contribution < 1.29 is 33.9 Å². The van der Waals surface area contributed by atoms with Crippen LogP contribution in [0.25, 0.3) is 0 Å². The molecule has 1 aromatic rings. The largest absolute Gasteiger partial charge is 0.396 e. The summed E-state index contributed by atoms with van der Waals surface area (Å²) in [5.74, 6) is -4.56. The number of rotatable bonds is 18. The van der Waals surface area contributed by atoms with E-state index in [0.29, 0.717) is 19.4 Å². The SMILES string of the molecule is CC(C)C[C@H](NC(=O)CCC(=O)[C@H](CC(N)=O)NC(=O)[C@H](CO)CC(=O)[C@@H](C)Cc1cnc[nH]1)C(=O)N1CCC[C@H]1C. The Labute approximate surface area is 246 Å². The first-order valence-corrected chi connectivity index (χ1v) is 14.6. The molecule has 0 unspecified atom stereocenters. The van der Waals surface area contributed by atoms with Crippen LogP contribution in [0.1, 0.15) is 78.3 Å². The lowest BCUT2D eigenvalue weighted by Crippen LogP contribution is -2.50. The highest BCUT2D eigenvalue weighted by atomic mass is 16.3. The van der Waals surface area contributed by atoms with Crippen LogP contribution in [-0.2, 0) is 35.2 Å². The standard InChI is InChI=1S/C29H46N6O7/c1-17(2)10-23(29(42)35-9-5-6-19(35)4)33-27(40)8-7-24(37)22(13-26(30)39)34-28(41)20(15-36)12-25(38)18(3)11-21-14-31-16-32-21/h14,16-20,22-23,36H,5-13,15H2,1-4H3,(H2,30,39)(H,31,32)(H,33,40)(H,34,41)/t18-,19+,20-,22-,23-/m0/s1. The van der Waals surface area contributed by atoms with Crippen LogP contribution in [0, 0.1) is 17.8 Å². The number of nitrogens with zero attached hydrogens (tertiary/aromatic N) is 2. The number of aliphatic hydroxyl groups is 1. The second kappa shape index (κ2) is 16.7. The molecule has 42 heavy (non-hydrogen) atoms. The first-order chi connectivity index (χ1) is 19.8. The van der Waals surface area contributed by atoms with Crippen molar-refractivity contribution in [1.82, 2.24) is 25.5 Å². The van der Waals surface area contributed by atoms with Crippen molar-refractivity contribution in [1.29, 1.82) is 0 Å². The maximum atomic E-state index is 13.1. The maximum absolute atomic E-state index is 13.1. The molecule has 13 heteroatoms. The minimum Gasteiger partial charge on any atom is -0.396 e. The number of ketones is 2. The number of Topliss-reactive ketones (excluding diaryl/α,β-unsaturated/α-hetero) is 2. The van der Waals surface area contributed by atoms with E-state index in [1.54, 1.807) is 18.0 Å². The lowest BCUT2D eigenvalue weighted by Gasteiger charge is -2.28. The van der Waals surface area contributed by atoms with Gasteiger partial charge in [0, 0.05) is 49.7 Å². The first kappa shape index (κ1) is 34.6. The van der Waals surface area contributed by atoms with Gasteiger partial charge in [0.2, 0.25) is 23.6 Å². The van der Waals surface area contributed by atoms with Crippen LogP contribution in [-0.4, -0.2) is 86.4 Å². The normalized spacial score (nSPS) is 17.8. The molecule has 0 spiro atoms. The molecular weight excluding hydrogens is 544 g/mol. The van der Waals surface area contributed by atoms with Gasteiger partial charge in [-0.15, -0.1) is 0 Å². The fraction of sp³-hybridized carbons (Fsp3) is 0.690. The molecule has 0 aliphatic carbocycles. The Hall–Kier alpha value is -3.61. The Morgan fingerprint density at radius 2 is 1.79 bits per heavy atom. The molecule has 0 bridgehead atoms. The summed E-state index contributed by atoms with van der Waals surface area (Å²) in [4.78, 5) is 84.7. The third kappa shape index (κ3) is 11.0. The predicted octanol–water partition coefficient (Wildman–Crippen LogP) is 0.407. The van der Waals surface area contributed by atoms with E-state index in [1.165, 1.54) is 6.33 Å². The molecular formula is C29H46N6O7. The van der Waals surface area contributed by atoms with Crippen LogP contribution in [0.3, 0.4) is 0 Å². The van der Waals surface area contributed by atoms with Gasteiger partial charge in [0.25, 0.3) is 0 Å². The summed E-state index contributed by atoms with van der Waals surface area (Å²) in [6.45, 7) is 7.58. The van der Waals surface area contributed by atoms with Crippen LogP contribution < -0.4 is 16.4 Å². The molecule has 234 valence electrons. The van der Waals surface area contributed by atoms with Gasteiger partial charge < -0.3 is 31.4 Å². The number of nitrogens with one attached hydrogen (secondary N) is 3. The zero-order valence-electron chi connectivity index (χ0n) is 25.1. The smallest absolute Gasteiger partial charge is 0.245 e. The van der Waals surface area contributed by atoms with Gasteiger partial charge in [-0.25, -0.2) is 4.98 Å². The Morgan fingerprint density at radius 3 is 2.33 bits per heavy atom. The Kier molecular flexibility index (Phi) is 13.8. The number of hydrogen-bond acceptors (Lipinski definition) is 8. The second-order valence-corrected chi connectivity index (χ2v) is 11.7. The van der Waals surface area contributed by atoms with E-state index in [4.69, 9.17) is 5.73 Å². The lowest BCUT2D eigenvalue weighted by molar-refractivity contribution is -0.138. The summed E-state index contributed by atoms with van der Waals surface area (Å²) in [6.07, 6.45) is 4.40. The number of amides is 4. The highest BCUT2D eigenvalue weighted by molar-refractivity contribution is 5.96. The molecule has 0 aromatic carbocycles. The maximum Gasteiger partial charge on any atom is 0.245 e. The lowest BCUT2D eigenvalue weighted by atomic mass is 9.92. The number of hydrogen-bond donors (Lipinski definition) is 5. The molecule has 2 rings (SSSR count). The number of carbonyl (C=O) groups excluding carboxylic acids is 6. The molecule has 13 nitrogen and oxygen atoms in total. The van der Waals surface area contributed by atoms with Crippen LogP contribution in [0.4, 0.5) is 0 Å². The van der Waals surface area contributed by atoms with Gasteiger partial charge in [-0.3, -0.25) is 28.8 Å². The highest BCUT2D eigenvalue weighted by Gasteiger charge is 2.33. The molecule has 6 N–H and O–H groups in total. The van der Waals surface area contributed by atoms with Gasteiger partial charge >= 0.3 is 0 Å². The van der Waals surface area contributed by atoms with Crippen LogP contribution in [0.5, 0.6) is 0 Å². The van der Waals surface area contributed by atoms with Gasteiger partial charge in [-0.2, -0.15) is 0 Å². The molecule has 1 aromatic heterocycles. The topological polar surface area (TPSA) is 205 Å². The number of H-pyrrole nitrogens is 1. The number of aliphatic hydroxyl groups excluding tert-OH is 1. The van der Waals surface area contributed by atoms with Crippen LogP contribution >= 0.6 is 0 Å². The van der Waals surface area contributed by atoms with Gasteiger partial charge in [-0.05, 0) is 38.5 Å². The average molecular weight is 591 g/mol. The number of carbonyl (C=O) groups is 6. The van der Waals surface area contributed by atoms with Crippen molar-refractivity contribution in [2.45, 2.75) is 97.2 Å². The predicted molar refractivity (Wildman–Crippen MR) is 153 cm³/mol. The Balaban J connectivity index is 1.96. The van der Waals surface area contributed by atoms with E-state index in [0.717, 1.165) is 18.5 Å². The Bertz CT molecular complexity index is 1090. The van der Waals surface area contributed by atoms with Crippen molar-refractivity contribution in [3.8, 4) is 0 Å². The first-order valence-electron chi connectivity index (χ1n) is 14.6. The fourth-order valence-corrected chi connectivity index (χ4v) is 5.09. The molecule has 1 aliphatic heterocycles. The molecule has 1 saturated heterocycles. The van der Waals surface area contributed by atoms with Crippen LogP contribution in [0.15, 0.2) is 12.5 Å². The summed E-state index contributed by atoms with van der Waals surface area (Å²) >= 11 is 0. The zero-order chi connectivity index (χ0) is 31.4. The second-order valence-electron chi connectivity index (χ2n) is 11.7. The summed E-state index contributed by atoms with van der Waals surface area (Å²) in [5.41, 5.74) is 6.05. The molecule has 0 saturated carbocycles. The van der Waals surface area contributed by atoms with E-state index in [2.05, 4.69) is 20.6 Å². The minimum atomic E-state index is -1.33. The monoisotopic (exact) mass is 590 g/mol. The molecule has 0 radical (unpaired) electrons. The van der Waals surface area contributed by atoms with E-state index in [9.17, 15) is 33.9 Å². The van der Waals surface area contributed by atoms with Gasteiger partial charge in [-0.1, -0.05) is 20.8 Å². The average Bonchev–Trinajstić information content (AvgIpc) is 3.59. The number of primary amides is 1. The molecule has 5 atom stereocenters. The number of aromatic nitrogens is 2. The van der Waals surface area contributed by atoms with Gasteiger partial charge in [0.15, 0.2) is 5.78 Å². The summed E-state index contributed by atoms with van der Waals surface area (Å²) < 4.78 is 0. The fourth-order valence-electron chi connectivity index (χ4n) is 5.09. The van der Waals surface area contributed by atoms with E-state index >= 15 is 0 Å².